The summed E-state index contributed by atoms with van der Waals surface area (Å²) in [4.78, 5) is 0. The lowest BCUT2D eigenvalue weighted by molar-refractivity contribution is -0.0183. The first kappa shape index (κ1) is 12.2. The van der Waals surface area contributed by atoms with Crippen molar-refractivity contribution in [1.82, 2.24) is 0 Å². The molecule has 0 spiro atoms. The Labute approximate surface area is 100 Å². The maximum Gasteiger partial charge on any atom is 0.189 e. The largest absolute Gasteiger partial charge is 0.496 e. The van der Waals surface area contributed by atoms with Gasteiger partial charge in [-0.2, -0.15) is 0 Å². The van der Waals surface area contributed by atoms with E-state index >= 15 is 0 Å². The molecule has 0 aromatic heterocycles. The first-order valence-electron chi connectivity index (χ1n) is 5.56. The van der Waals surface area contributed by atoms with E-state index in [-0.39, 0.29) is 6.79 Å². The van der Waals surface area contributed by atoms with Crippen molar-refractivity contribution in [3.05, 3.63) is 23.3 Å². The molecule has 1 aliphatic rings. The van der Waals surface area contributed by atoms with Crippen LogP contribution in [-0.2, 0) is 11.3 Å². The predicted octanol–water partition coefficient (Wildman–Crippen LogP) is 0.944. The molecule has 1 atom stereocenters. The zero-order valence-electron chi connectivity index (χ0n) is 9.81. The third-order valence-corrected chi connectivity index (χ3v) is 2.81. The van der Waals surface area contributed by atoms with Gasteiger partial charge in [0, 0.05) is 11.1 Å². The van der Waals surface area contributed by atoms with Crippen LogP contribution in [0.15, 0.2) is 12.1 Å². The number of benzene rings is 1. The van der Waals surface area contributed by atoms with Gasteiger partial charge in [0.15, 0.2) is 6.79 Å². The molecule has 5 heteroatoms. The van der Waals surface area contributed by atoms with Gasteiger partial charge < -0.3 is 25.1 Å². The van der Waals surface area contributed by atoms with Gasteiger partial charge in [-0.3, -0.25) is 0 Å². The van der Waals surface area contributed by atoms with E-state index < -0.39 is 6.10 Å². The zero-order chi connectivity index (χ0) is 12.3. The Balaban J connectivity index is 2.44. The molecular weight excluding hydrogens is 222 g/mol. The van der Waals surface area contributed by atoms with Gasteiger partial charge >= 0.3 is 0 Å². The van der Waals surface area contributed by atoms with Crippen LogP contribution in [0.4, 0.5) is 0 Å². The van der Waals surface area contributed by atoms with E-state index in [4.69, 9.17) is 19.9 Å². The molecule has 5 nitrogen and oxygen atoms in total. The molecule has 0 saturated carbocycles. The van der Waals surface area contributed by atoms with Gasteiger partial charge in [-0.25, -0.2) is 0 Å². The van der Waals surface area contributed by atoms with Crippen LogP contribution in [0.25, 0.3) is 0 Å². The summed E-state index contributed by atoms with van der Waals surface area (Å²) in [7, 11) is 1.57. The van der Waals surface area contributed by atoms with Crippen LogP contribution in [0.5, 0.6) is 11.5 Å². The van der Waals surface area contributed by atoms with Gasteiger partial charge in [-0.1, -0.05) is 0 Å². The molecule has 1 aromatic carbocycles. The fourth-order valence-corrected chi connectivity index (χ4v) is 2.00. The van der Waals surface area contributed by atoms with Crippen molar-refractivity contribution >= 4 is 0 Å². The van der Waals surface area contributed by atoms with E-state index in [2.05, 4.69) is 0 Å². The summed E-state index contributed by atoms with van der Waals surface area (Å²) in [5.41, 5.74) is 7.03. The van der Waals surface area contributed by atoms with E-state index in [9.17, 15) is 5.11 Å². The highest BCUT2D eigenvalue weighted by Crippen LogP contribution is 2.38. The highest BCUT2D eigenvalue weighted by atomic mass is 16.7. The van der Waals surface area contributed by atoms with Gasteiger partial charge in [-0.15, -0.1) is 0 Å². The SMILES string of the molecule is COc1ccc2c(c1C(O)CCN)COCO2. The lowest BCUT2D eigenvalue weighted by atomic mass is 9.98. The summed E-state index contributed by atoms with van der Waals surface area (Å²) in [5.74, 6) is 1.38. The van der Waals surface area contributed by atoms with Gasteiger partial charge in [0.1, 0.15) is 11.5 Å². The molecule has 3 N–H and O–H groups in total. The minimum Gasteiger partial charge on any atom is -0.496 e. The molecule has 1 aromatic rings. The van der Waals surface area contributed by atoms with Crippen molar-refractivity contribution in [2.45, 2.75) is 19.1 Å². The van der Waals surface area contributed by atoms with Crippen LogP contribution < -0.4 is 15.2 Å². The van der Waals surface area contributed by atoms with E-state index in [1.807, 2.05) is 6.07 Å². The van der Waals surface area contributed by atoms with Crippen molar-refractivity contribution < 1.29 is 19.3 Å². The van der Waals surface area contributed by atoms with Crippen molar-refractivity contribution in [3.63, 3.8) is 0 Å². The minimum atomic E-state index is -0.657. The summed E-state index contributed by atoms with van der Waals surface area (Å²) in [6, 6.07) is 3.62. The molecule has 0 fully saturated rings. The Morgan fingerprint density at radius 2 is 2.35 bits per heavy atom. The molecule has 0 radical (unpaired) electrons. The monoisotopic (exact) mass is 239 g/mol. The Kier molecular flexibility index (Phi) is 3.83. The van der Waals surface area contributed by atoms with E-state index in [1.54, 1.807) is 13.2 Å². The Morgan fingerprint density at radius 3 is 3.06 bits per heavy atom. The molecule has 0 aliphatic carbocycles. The third-order valence-electron chi connectivity index (χ3n) is 2.81. The molecule has 0 saturated heterocycles. The second kappa shape index (κ2) is 5.35. The number of rotatable bonds is 4. The van der Waals surface area contributed by atoms with Gasteiger partial charge in [0.25, 0.3) is 0 Å². The molecule has 94 valence electrons. The second-order valence-corrected chi connectivity index (χ2v) is 3.86. The van der Waals surface area contributed by atoms with Crippen LogP contribution in [-0.4, -0.2) is 25.6 Å². The highest BCUT2D eigenvalue weighted by Gasteiger charge is 2.23. The van der Waals surface area contributed by atoms with Crippen LogP contribution in [0.3, 0.4) is 0 Å². The molecule has 1 aliphatic heterocycles. The summed E-state index contributed by atoms with van der Waals surface area (Å²) in [6.45, 7) is 1.07. The number of methoxy groups -OCH3 is 1. The summed E-state index contributed by atoms with van der Waals surface area (Å²) >= 11 is 0. The third kappa shape index (κ3) is 2.36. The van der Waals surface area contributed by atoms with Gasteiger partial charge in [0.2, 0.25) is 0 Å². The average Bonchev–Trinajstić information content (AvgIpc) is 2.37. The summed E-state index contributed by atoms with van der Waals surface area (Å²) in [5, 5.41) is 10.1. The lowest BCUT2D eigenvalue weighted by Gasteiger charge is -2.24. The first-order chi connectivity index (χ1) is 8.27. The van der Waals surface area contributed by atoms with E-state index in [0.717, 1.165) is 16.9 Å². The standard InChI is InChI=1S/C12H17NO4/c1-15-11-3-2-10-8(6-16-7-17-10)12(11)9(14)4-5-13/h2-3,9,14H,4-7,13H2,1H3. The van der Waals surface area contributed by atoms with E-state index in [1.165, 1.54) is 0 Å². The molecule has 17 heavy (non-hydrogen) atoms. The highest BCUT2D eigenvalue weighted by molar-refractivity contribution is 5.50. The Hall–Kier alpha value is -1.30. The lowest BCUT2D eigenvalue weighted by Crippen LogP contribution is -2.17. The maximum absolute atomic E-state index is 10.1. The molecular formula is C12H17NO4. The smallest absolute Gasteiger partial charge is 0.189 e. The Bertz CT molecular complexity index is 394. The number of nitrogens with two attached hydrogens (primary N) is 1. The minimum absolute atomic E-state index is 0.242. The second-order valence-electron chi connectivity index (χ2n) is 3.86. The Morgan fingerprint density at radius 1 is 1.53 bits per heavy atom. The number of aliphatic hydroxyl groups excluding tert-OH is 1. The molecule has 1 heterocycles. The number of aliphatic hydroxyl groups is 1. The number of hydrogen-bond donors (Lipinski definition) is 2. The number of fused-ring (bicyclic) bond motifs is 1. The quantitative estimate of drug-likeness (QED) is 0.818. The van der Waals surface area contributed by atoms with Crippen LogP contribution in [0.2, 0.25) is 0 Å². The summed E-state index contributed by atoms with van der Waals surface area (Å²) in [6.07, 6.45) is -0.178. The molecule has 2 rings (SSSR count). The number of ether oxygens (including phenoxy) is 3. The fourth-order valence-electron chi connectivity index (χ4n) is 2.00. The zero-order valence-corrected chi connectivity index (χ0v) is 9.81. The normalized spacial score (nSPS) is 15.9. The van der Waals surface area contributed by atoms with Crippen molar-refractivity contribution in [1.29, 1.82) is 0 Å². The van der Waals surface area contributed by atoms with Crippen LogP contribution >= 0.6 is 0 Å². The average molecular weight is 239 g/mol. The first-order valence-corrected chi connectivity index (χ1v) is 5.56. The molecule has 1 unspecified atom stereocenters. The van der Waals surface area contributed by atoms with Crippen molar-refractivity contribution in [3.8, 4) is 11.5 Å². The fraction of sp³-hybridized carbons (Fsp3) is 0.500. The topological polar surface area (TPSA) is 73.9 Å². The van der Waals surface area contributed by atoms with Crippen LogP contribution in [0.1, 0.15) is 23.7 Å². The van der Waals surface area contributed by atoms with Gasteiger partial charge in [-0.05, 0) is 25.1 Å². The summed E-state index contributed by atoms with van der Waals surface area (Å²) < 4.78 is 15.9. The van der Waals surface area contributed by atoms with Crippen LogP contribution in [0, 0.1) is 0 Å². The van der Waals surface area contributed by atoms with Crippen molar-refractivity contribution in [2.24, 2.45) is 5.73 Å². The molecule has 0 bridgehead atoms. The number of hydrogen-bond acceptors (Lipinski definition) is 5. The predicted molar refractivity (Wildman–Crippen MR) is 61.9 cm³/mol. The van der Waals surface area contributed by atoms with Crippen molar-refractivity contribution in [2.75, 3.05) is 20.4 Å². The maximum atomic E-state index is 10.1. The van der Waals surface area contributed by atoms with Gasteiger partial charge in [0.05, 0.1) is 19.8 Å². The molecule has 0 amide bonds. The van der Waals surface area contributed by atoms with E-state index in [0.29, 0.717) is 25.3 Å².